The van der Waals surface area contributed by atoms with E-state index in [1.807, 2.05) is 31.2 Å². The predicted molar refractivity (Wildman–Crippen MR) is 93.8 cm³/mol. The molecule has 0 aromatic heterocycles. The number of ether oxygens (including phenoxy) is 6. The molecular weight excluding hydrogens is 436 g/mol. The molecule has 2 saturated heterocycles. The Hall–Kier alpha value is -1.27. The molecule has 2 aliphatic rings. The number of rotatable bonds is 4. The molecule has 2 aliphatic heterocycles. The second-order valence-electron chi connectivity index (χ2n) is 5.80. The quantitative estimate of drug-likeness (QED) is 0.499. The van der Waals surface area contributed by atoms with Crippen molar-refractivity contribution in [2.24, 2.45) is 0 Å². The number of hydrogen-bond donors (Lipinski definition) is 0. The first-order valence-corrected chi connectivity index (χ1v) is 8.37. The van der Waals surface area contributed by atoms with Crippen molar-refractivity contribution in [2.75, 3.05) is 27.9 Å². The first kappa shape index (κ1) is 30.9. The van der Waals surface area contributed by atoms with Crippen LogP contribution in [0.4, 0.5) is 0 Å². The standard InChI is InChI=1S/C17H24O6.3CO.Cr/c1-10-7-5-6-8-11(10)16-21-9-12-13(23-16)14(18-2)15(19-3)17(20-4)22-12;3*1-2;/h5-8,12-17H,9H2,1-4H3;;;;/t12-,13-,14+,15-,16-,17+;;;;/m1..../s1. The monoisotopic (exact) mass is 460 g/mol. The van der Waals surface area contributed by atoms with Gasteiger partial charge in [0.05, 0.1) is 6.61 Å². The molecule has 0 radical (unpaired) electrons. The summed E-state index contributed by atoms with van der Waals surface area (Å²) in [5, 5.41) is 0. The average Bonchev–Trinajstić information content (AvgIpc) is 2.81. The van der Waals surface area contributed by atoms with Gasteiger partial charge in [0.2, 0.25) is 0 Å². The molecule has 30 heavy (non-hydrogen) atoms. The van der Waals surface area contributed by atoms with E-state index in [0.717, 1.165) is 11.1 Å². The summed E-state index contributed by atoms with van der Waals surface area (Å²) in [6.45, 7) is 16.0. The van der Waals surface area contributed by atoms with Crippen LogP contribution in [0.25, 0.3) is 0 Å². The largest absolute Gasteiger partial charge is 0 e. The molecule has 10 heteroatoms. The Labute approximate surface area is 187 Å². The molecule has 0 N–H and O–H groups in total. The molecule has 0 amide bonds. The summed E-state index contributed by atoms with van der Waals surface area (Å²) < 4.78 is 57.0. The Balaban J connectivity index is 0. The molecule has 0 unspecified atom stereocenters. The zero-order valence-corrected chi connectivity index (χ0v) is 18.3. The Morgan fingerprint density at radius 3 is 1.93 bits per heavy atom. The predicted octanol–water partition coefficient (Wildman–Crippen LogP) is 1.70. The van der Waals surface area contributed by atoms with Crippen LogP contribution < -0.4 is 0 Å². The van der Waals surface area contributed by atoms with E-state index in [1.165, 1.54) is 0 Å². The van der Waals surface area contributed by atoms with Crippen molar-refractivity contribution in [1.29, 1.82) is 0 Å². The van der Waals surface area contributed by atoms with Crippen LogP contribution >= 0.6 is 0 Å². The van der Waals surface area contributed by atoms with Gasteiger partial charge in [-0.25, -0.2) is 0 Å². The minimum Gasteiger partial charge on any atom is 0 e. The van der Waals surface area contributed by atoms with Gasteiger partial charge in [-0.15, -0.1) is 0 Å². The number of hydrogen-bond acceptors (Lipinski definition) is 6. The van der Waals surface area contributed by atoms with Gasteiger partial charge in [-0.2, -0.15) is 0 Å². The molecule has 2 fully saturated rings. The molecule has 3 rings (SSSR count). The first-order valence-electron chi connectivity index (χ1n) is 8.37. The fourth-order valence-corrected chi connectivity index (χ4v) is 3.26. The first-order chi connectivity index (χ1) is 14.2. The molecule has 2 heterocycles. The van der Waals surface area contributed by atoms with Crippen molar-refractivity contribution in [3.8, 4) is 0 Å². The average molecular weight is 460 g/mol. The minimum absolute atomic E-state index is 0. The van der Waals surface area contributed by atoms with Crippen molar-refractivity contribution in [3.63, 3.8) is 0 Å². The Morgan fingerprint density at radius 2 is 1.43 bits per heavy atom. The summed E-state index contributed by atoms with van der Waals surface area (Å²) >= 11 is 0. The van der Waals surface area contributed by atoms with Gasteiger partial charge in [0.1, 0.15) is 24.4 Å². The summed E-state index contributed by atoms with van der Waals surface area (Å²) in [4.78, 5) is 0. The fraction of sp³-hybridized carbons (Fsp3) is 0.550. The van der Waals surface area contributed by atoms with Crippen LogP contribution in [0.1, 0.15) is 17.4 Å². The van der Waals surface area contributed by atoms with Gasteiger partial charge in [0.15, 0.2) is 12.6 Å². The van der Waals surface area contributed by atoms with Crippen LogP contribution in [0.15, 0.2) is 24.3 Å². The topological polar surface area (TPSA) is 115 Å². The van der Waals surface area contributed by atoms with Gasteiger partial charge >= 0.3 is 33.9 Å². The van der Waals surface area contributed by atoms with Crippen LogP contribution in [-0.2, 0) is 59.7 Å². The molecule has 0 saturated carbocycles. The Kier molecular flexibility index (Phi) is 18.0. The number of benzene rings is 1. The molecule has 9 nitrogen and oxygen atoms in total. The van der Waals surface area contributed by atoms with Crippen LogP contribution in [0, 0.1) is 26.9 Å². The molecule has 6 atom stereocenters. The van der Waals surface area contributed by atoms with Crippen molar-refractivity contribution < 1.29 is 59.7 Å². The maximum Gasteiger partial charge on any atom is 0 e. The van der Waals surface area contributed by atoms with Crippen molar-refractivity contribution in [1.82, 2.24) is 0 Å². The van der Waals surface area contributed by atoms with Crippen molar-refractivity contribution >= 4 is 0 Å². The second-order valence-corrected chi connectivity index (χ2v) is 5.80. The summed E-state index contributed by atoms with van der Waals surface area (Å²) in [7, 11) is 4.85. The van der Waals surface area contributed by atoms with E-state index >= 15 is 0 Å². The third kappa shape index (κ3) is 7.45. The molecular formula is C20H24CrO9. The molecule has 1 aromatic carbocycles. The van der Waals surface area contributed by atoms with Gasteiger partial charge in [0.25, 0.3) is 0 Å². The summed E-state index contributed by atoms with van der Waals surface area (Å²) in [6, 6.07) is 8.03. The van der Waals surface area contributed by atoms with E-state index in [2.05, 4.69) is 20.0 Å². The Bertz CT molecular complexity index is 634. The molecule has 164 valence electrons. The van der Waals surface area contributed by atoms with E-state index < -0.39 is 12.6 Å². The van der Waals surface area contributed by atoms with Gasteiger partial charge in [-0.3, -0.25) is 0 Å². The smallest absolute Gasteiger partial charge is 0 e. The van der Waals surface area contributed by atoms with Crippen molar-refractivity contribution in [3.05, 3.63) is 55.3 Å². The third-order valence-electron chi connectivity index (χ3n) is 4.50. The summed E-state index contributed by atoms with van der Waals surface area (Å²) in [5.41, 5.74) is 2.14. The maximum atomic E-state index is 7.50. The van der Waals surface area contributed by atoms with E-state index in [4.69, 9.17) is 42.4 Å². The summed E-state index contributed by atoms with van der Waals surface area (Å²) in [6.07, 6.45) is -2.13. The van der Waals surface area contributed by atoms with Crippen LogP contribution in [-0.4, -0.2) is 58.6 Å². The van der Waals surface area contributed by atoms with E-state index in [-0.39, 0.29) is 41.8 Å². The van der Waals surface area contributed by atoms with Gasteiger partial charge < -0.3 is 28.4 Å². The maximum absolute atomic E-state index is 7.50. The number of aryl methyl sites for hydroxylation is 1. The van der Waals surface area contributed by atoms with Gasteiger partial charge in [-0.1, -0.05) is 24.3 Å². The molecule has 0 aliphatic carbocycles. The second kappa shape index (κ2) is 17.4. The van der Waals surface area contributed by atoms with Crippen LogP contribution in [0.5, 0.6) is 0 Å². The molecule has 0 bridgehead atoms. The summed E-state index contributed by atoms with van der Waals surface area (Å²) in [5.74, 6) is 0. The van der Waals surface area contributed by atoms with Crippen molar-refractivity contribution in [2.45, 2.75) is 43.9 Å². The van der Waals surface area contributed by atoms with E-state index in [0.29, 0.717) is 6.61 Å². The van der Waals surface area contributed by atoms with Crippen LogP contribution in [0.2, 0.25) is 0 Å². The van der Waals surface area contributed by atoms with E-state index in [1.54, 1.807) is 21.3 Å². The minimum atomic E-state index is -0.506. The van der Waals surface area contributed by atoms with Gasteiger partial charge in [0, 0.05) is 44.3 Å². The van der Waals surface area contributed by atoms with E-state index in [9.17, 15) is 0 Å². The number of methoxy groups -OCH3 is 3. The zero-order chi connectivity index (χ0) is 22.4. The third-order valence-corrected chi connectivity index (χ3v) is 4.50. The Morgan fingerprint density at radius 1 is 0.867 bits per heavy atom. The zero-order valence-electron chi connectivity index (χ0n) is 17.1. The van der Waals surface area contributed by atoms with Gasteiger partial charge in [-0.05, 0) is 12.5 Å². The normalized spacial score (nSPS) is 28.9. The molecule has 0 spiro atoms. The SMILES string of the molecule is CO[C@H]1O[C@@H]2CO[C@@H](c3ccccc3C)O[C@H]2[C@H](OC)[C@H]1OC.[C-]#[O+].[C-]#[O+].[C-]#[O+].[Cr]. The number of fused-ring (bicyclic) bond motifs is 1. The molecule has 1 aromatic rings. The van der Waals surface area contributed by atoms with Crippen LogP contribution in [0.3, 0.4) is 0 Å². The fourth-order valence-electron chi connectivity index (χ4n) is 3.26.